The molecule has 0 spiro atoms. The van der Waals surface area contributed by atoms with Gasteiger partial charge in [-0.3, -0.25) is 4.68 Å². The lowest BCUT2D eigenvalue weighted by Gasteiger charge is -2.22. The zero-order valence-electron chi connectivity index (χ0n) is 14.1. The molecule has 1 aromatic heterocycles. The van der Waals surface area contributed by atoms with E-state index in [0.29, 0.717) is 28.9 Å². The van der Waals surface area contributed by atoms with E-state index in [2.05, 4.69) is 15.2 Å². The lowest BCUT2D eigenvalue weighted by Crippen LogP contribution is -2.31. The van der Waals surface area contributed by atoms with Gasteiger partial charge in [-0.25, -0.2) is 0 Å². The minimum Gasteiger partial charge on any atom is -0.433 e. The predicted octanol–water partition coefficient (Wildman–Crippen LogP) is 4.30. The Labute approximate surface area is 155 Å². The Bertz CT molecular complexity index is 754. The van der Waals surface area contributed by atoms with Crippen LogP contribution in [0.2, 0.25) is 5.02 Å². The number of hydrogen-bond acceptors (Lipinski definition) is 3. The fourth-order valence-electron chi connectivity index (χ4n) is 2.25. The van der Waals surface area contributed by atoms with Crippen LogP contribution in [0.5, 0.6) is 5.75 Å². The molecule has 1 N–H and O–H groups in total. The van der Waals surface area contributed by atoms with Gasteiger partial charge in [0.15, 0.2) is 5.11 Å². The van der Waals surface area contributed by atoms with Crippen molar-refractivity contribution < 1.29 is 13.5 Å². The van der Waals surface area contributed by atoms with Crippen molar-refractivity contribution in [3.05, 3.63) is 40.7 Å². The quantitative estimate of drug-likeness (QED) is 0.747. The van der Waals surface area contributed by atoms with Crippen LogP contribution in [0.15, 0.2) is 24.4 Å². The van der Waals surface area contributed by atoms with Crippen LogP contribution in [0, 0.1) is 6.92 Å². The molecule has 0 aliphatic heterocycles. The molecule has 25 heavy (non-hydrogen) atoms. The molecule has 0 radical (unpaired) electrons. The van der Waals surface area contributed by atoms with Gasteiger partial charge in [-0.05, 0) is 43.8 Å². The van der Waals surface area contributed by atoms with E-state index in [1.54, 1.807) is 41.9 Å². The van der Waals surface area contributed by atoms with Crippen molar-refractivity contribution in [2.24, 2.45) is 0 Å². The smallest absolute Gasteiger partial charge is 0.387 e. The molecule has 1 aromatic carbocycles. The molecule has 136 valence electrons. The van der Waals surface area contributed by atoms with E-state index >= 15 is 0 Å². The van der Waals surface area contributed by atoms with E-state index in [9.17, 15) is 8.78 Å². The van der Waals surface area contributed by atoms with Gasteiger partial charge in [-0.1, -0.05) is 17.7 Å². The van der Waals surface area contributed by atoms with Gasteiger partial charge in [-0.15, -0.1) is 0 Å². The average molecular weight is 389 g/mol. The number of hydrogen-bond donors (Lipinski definition) is 1. The molecule has 0 amide bonds. The number of alkyl halides is 2. The fraction of sp³-hybridized carbons (Fsp3) is 0.375. The van der Waals surface area contributed by atoms with E-state index in [0.717, 1.165) is 11.3 Å². The van der Waals surface area contributed by atoms with E-state index < -0.39 is 6.61 Å². The molecule has 9 heteroatoms. The largest absolute Gasteiger partial charge is 0.433 e. The molecule has 0 atom stereocenters. The summed E-state index contributed by atoms with van der Waals surface area (Å²) in [5.74, 6) is 0.0439. The van der Waals surface area contributed by atoms with Gasteiger partial charge >= 0.3 is 6.61 Å². The predicted molar refractivity (Wildman–Crippen MR) is 98.4 cm³/mol. The number of benzene rings is 1. The Balaban J connectivity index is 2.12. The van der Waals surface area contributed by atoms with Crippen molar-refractivity contribution in [3.63, 3.8) is 0 Å². The maximum Gasteiger partial charge on any atom is 0.387 e. The fourth-order valence-corrected chi connectivity index (χ4v) is 2.63. The van der Waals surface area contributed by atoms with Crippen LogP contribution < -0.4 is 10.1 Å². The molecular formula is C16H19ClF2N4OS. The first kappa shape index (κ1) is 19.4. The highest BCUT2D eigenvalue weighted by molar-refractivity contribution is 7.80. The van der Waals surface area contributed by atoms with Crippen molar-refractivity contribution >= 4 is 34.6 Å². The molecule has 0 saturated heterocycles. The summed E-state index contributed by atoms with van der Waals surface area (Å²) in [6.07, 6.45) is 1.58. The Morgan fingerprint density at radius 3 is 2.84 bits per heavy atom. The second-order valence-corrected chi connectivity index (χ2v) is 6.21. The normalized spacial score (nSPS) is 10.8. The summed E-state index contributed by atoms with van der Waals surface area (Å²) >= 11 is 11.5. The summed E-state index contributed by atoms with van der Waals surface area (Å²) < 4.78 is 31.5. The minimum absolute atomic E-state index is 0.0439. The summed E-state index contributed by atoms with van der Waals surface area (Å²) in [5.41, 5.74) is 2.00. The molecule has 0 aliphatic rings. The maximum atomic E-state index is 12.6. The summed E-state index contributed by atoms with van der Waals surface area (Å²) in [5, 5.41) is 8.02. The summed E-state index contributed by atoms with van der Waals surface area (Å²) in [4.78, 5) is 1.75. The lowest BCUT2D eigenvalue weighted by atomic mass is 10.2. The molecule has 2 rings (SSSR count). The third kappa shape index (κ3) is 5.02. The van der Waals surface area contributed by atoms with E-state index in [-0.39, 0.29) is 5.75 Å². The van der Waals surface area contributed by atoms with Crippen LogP contribution in [0.3, 0.4) is 0 Å². The van der Waals surface area contributed by atoms with Crippen LogP contribution in [0.4, 0.5) is 14.5 Å². The number of aryl methyl sites for hydroxylation is 2. The number of nitrogens with zero attached hydrogens (tertiary/aromatic N) is 3. The Morgan fingerprint density at radius 2 is 2.20 bits per heavy atom. The first-order valence-electron chi connectivity index (χ1n) is 7.59. The minimum atomic E-state index is -2.91. The van der Waals surface area contributed by atoms with Crippen LogP contribution in [0.1, 0.15) is 18.2 Å². The number of anilines is 1. The first-order valence-corrected chi connectivity index (χ1v) is 8.38. The maximum absolute atomic E-state index is 12.6. The monoisotopic (exact) mass is 388 g/mol. The van der Waals surface area contributed by atoms with Crippen LogP contribution in [-0.2, 0) is 13.1 Å². The Morgan fingerprint density at radius 1 is 1.48 bits per heavy atom. The SMILES string of the molecule is CCn1ncc(Cl)c1CN(C)C(=S)Nc1ccc(C)cc1OC(F)F. The van der Waals surface area contributed by atoms with Gasteiger partial charge < -0.3 is 15.0 Å². The summed E-state index contributed by atoms with van der Waals surface area (Å²) in [6, 6.07) is 4.96. The lowest BCUT2D eigenvalue weighted by molar-refractivity contribution is -0.0493. The summed E-state index contributed by atoms with van der Waals surface area (Å²) in [6.45, 7) is 1.95. The van der Waals surface area contributed by atoms with Crippen molar-refractivity contribution in [2.75, 3.05) is 12.4 Å². The van der Waals surface area contributed by atoms with Gasteiger partial charge in [0.05, 0.1) is 29.1 Å². The molecule has 5 nitrogen and oxygen atoms in total. The topological polar surface area (TPSA) is 42.3 Å². The number of ether oxygens (including phenoxy) is 1. The van der Waals surface area contributed by atoms with E-state index in [1.165, 1.54) is 6.07 Å². The molecule has 0 bridgehead atoms. The second kappa shape index (κ2) is 8.44. The van der Waals surface area contributed by atoms with Crippen LogP contribution in [0.25, 0.3) is 0 Å². The van der Waals surface area contributed by atoms with Gasteiger partial charge in [-0.2, -0.15) is 13.9 Å². The summed E-state index contributed by atoms with van der Waals surface area (Å²) in [7, 11) is 1.78. The number of halogens is 3. The molecule has 0 saturated carbocycles. The van der Waals surface area contributed by atoms with Gasteiger partial charge in [0, 0.05) is 13.6 Å². The van der Waals surface area contributed by atoms with E-state index in [1.807, 2.05) is 6.92 Å². The molecule has 2 aromatic rings. The number of thiocarbonyl (C=S) groups is 1. The van der Waals surface area contributed by atoms with Crippen molar-refractivity contribution in [1.82, 2.24) is 14.7 Å². The highest BCUT2D eigenvalue weighted by atomic mass is 35.5. The highest BCUT2D eigenvalue weighted by Gasteiger charge is 2.15. The van der Waals surface area contributed by atoms with Gasteiger partial charge in [0.2, 0.25) is 0 Å². The third-order valence-corrected chi connectivity index (χ3v) is 4.26. The third-order valence-electron chi connectivity index (χ3n) is 3.53. The first-order chi connectivity index (χ1) is 11.8. The van der Waals surface area contributed by atoms with Crippen molar-refractivity contribution in [3.8, 4) is 5.75 Å². The second-order valence-electron chi connectivity index (χ2n) is 5.42. The van der Waals surface area contributed by atoms with Crippen LogP contribution in [-0.4, -0.2) is 33.5 Å². The Kier molecular flexibility index (Phi) is 6.55. The molecule has 0 fully saturated rings. The van der Waals surface area contributed by atoms with E-state index in [4.69, 9.17) is 23.8 Å². The number of nitrogens with one attached hydrogen (secondary N) is 1. The van der Waals surface area contributed by atoms with Crippen LogP contribution >= 0.6 is 23.8 Å². The number of rotatable bonds is 6. The number of aromatic nitrogens is 2. The molecule has 0 unspecified atom stereocenters. The zero-order valence-corrected chi connectivity index (χ0v) is 15.7. The van der Waals surface area contributed by atoms with Gasteiger partial charge in [0.25, 0.3) is 0 Å². The molecule has 1 heterocycles. The van der Waals surface area contributed by atoms with Crippen molar-refractivity contribution in [2.45, 2.75) is 33.5 Å². The average Bonchev–Trinajstić information content (AvgIpc) is 2.89. The van der Waals surface area contributed by atoms with Gasteiger partial charge in [0.1, 0.15) is 5.75 Å². The van der Waals surface area contributed by atoms with Crippen molar-refractivity contribution in [1.29, 1.82) is 0 Å². The zero-order chi connectivity index (χ0) is 18.6. The Hall–Kier alpha value is -1.93. The molecular weight excluding hydrogens is 370 g/mol. The molecule has 0 aliphatic carbocycles. The highest BCUT2D eigenvalue weighted by Crippen LogP contribution is 2.28. The standard InChI is InChI=1S/C16H19ClF2N4OS/c1-4-23-13(11(17)8-20-23)9-22(3)16(25)21-12-6-5-10(2)7-14(12)24-15(18)19/h5-8,15H,4,9H2,1-3H3,(H,21,25).